The second kappa shape index (κ2) is 9.86. The van der Waals surface area contributed by atoms with E-state index in [0.717, 1.165) is 29.6 Å². The number of hydrogen-bond acceptors (Lipinski definition) is 4. The molecule has 1 saturated carbocycles. The summed E-state index contributed by atoms with van der Waals surface area (Å²) in [7, 11) is 0. The van der Waals surface area contributed by atoms with E-state index in [1.54, 1.807) is 0 Å². The molecule has 1 unspecified atom stereocenters. The third kappa shape index (κ3) is 4.89. The van der Waals surface area contributed by atoms with E-state index in [0.29, 0.717) is 0 Å². The van der Waals surface area contributed by atoms with Crippen molar-refractivity contribution >= 4 is 34.6 Å². The van der Waals surface area contributed by atoms with Crippen molar-refractivity contribution in [1.82, 2.24) is 8.87 Å². The molecule has 1 atom stereocenters. The number of nitrogens with one attached hydrogen (secondary N) is 1. The Morgan fingerprint density at radius 1 is 1.10 bits per heavy atom. The Morgan fingerprint density at radius 2 is 1.97 bits per heavy atom. The molecular weight excluding hydrogens is 376 g/mol. The van der Waals surface area contributed by atoms with Crippen LogP contribution in [0.3, 0.4) is 0 Å². The fraction of sp³-hybridized carbons (Fsp3) is 0.542. The molecule has 1 saturated heterocycles. The zero-order valence-electron chi connectivity index (χ0n) is 17.4. The van der Waals surface area contributed by atoms with Gasteiger partial charge in [0.15, 0.2) is 0 Å². The lowest BCUT2D eigenvalue weighted by Crippen LogP contribution is -2.34. The summed E-state index contributed by atoms with van der Waals surface area (Å²) in [5.41, 5.74) is 8.71. The van der Waals surface area contributed by atoms with Crippen LogP contribution in [0.5, 0.6) is 0 Å². The molecule has 156 valence electrons. The number of aromatic nitrogens is 1. The van der Waals surface area contributed by atoms with Crippen LogP contribution >= 0.6 is 11.9 Å². The topological polar surface area (TPSA) is 58.0 Å². The molecule has 2 heterocycles. The Balaban J connectivity index is 1.38. The molecule has 1 aliphatic heterocycles. The molecule has 3 N–H and O–H groups in total. The Labute approximate surface area is 179 Å². The highest BCUT2D eigenvalue weighted by Crippen LogP contribution is 2.32. The summed E-state index contributed by atoms with van der Waals surface area (Å²) in [6.07, 6.45) is 16.1. The van der Waals surface area contributed by atoms with Crippen molar-refractivity contribution in [2.45, 2.75) is 64.0 Å². The van der Waals surface area contributed by atoms with Crippen LogP contribution in [-0.2, 0) is 6.54 Å². The highest BCUT2D eigenvalue weighted by molar-refractivity contribution is 7.97. The third-order valence-corrected chi connectivity index (χ3v) is 7.88. The van der Waals surface area contributed by atoms with Gasteiger partial charge in [0.1, 0.15) is 0 Å². The van der Waals surface area contributed by atoms with Gasteiger partial charge < -0.3 is 15.7 Å². The monoisotopic (exact) mass is 410 g/mol. The maximum atomic E-state index is 7.51. The molecule has 4 nitrogen and oxygen atoms in total. The number of benzene rings is 1. The zero-order valence-corrected chi connectivity index (χ0v) is 18.2. The summed E-state index contributed by atoms with van der Waals surface area (Å²) in [6.45, 7) is 2.37. The van der Waals surface area contributed by atoms with Gasteiger partial charge in [0, 0.05) is 60.0 Å². The lowest BCUT2D eigenvalue weighted by molar-refractivity contribution is 0.255. The molecule has 5 heteroatoms. The number of rotatable bonds is 5. The minimum absolute atomic E-state index is 0.757. The van der Waals surface area contributed by atoms with Gasteiger partial charge in [-0.25, -0.2) is 4.31 Å². The number of nitrogens with two attached hydrogens (primary N) is 1. The first-order valence-electron chi connectivity index (χ1n) is 11.2. The molecule has 29 heavy (non-hydrogen) atoms. The lowest BCUT2D eigenvalue weighted by atomic mass is 9.95. The van der Waals surface area contributed by atoms with Gasteiger partial charge in [-0.05, 0) is 61.8 Å². The molecule has 0 radical (unpaired) electrons. The number of nitrogens with zero attached hydrogens (tertiary/aromatic N) is 2. The molecule has 4 rings (SSSR count). The summed E-state index contributed by atoms with van der Waals surface area (Å²) in [5, 5.41) is 8.74. The van der Waals surface area contributed by atoms with Crippen molar-refractivity contribution in [2.75, 3.05) is 12.3 Å². The van der Waals surface area contributed by atoms with Gasteiger partial charge in [0.25, 0.3) is 0 Å². The molecule has 1 aromatic carbocycles. The number of fused-ring (bicyclic) bond motifs is 1. The molecule has 0 spiro atoms. The molecule has 1 aliphatic carbocycles. The fourth-order valence-electron chi connectivity index (χ4n) is 4.97. The predicted molar refractivity (Wildman–Crippen MR) is 126 cm³/mol. The van der Waals surface area contributed by atoms with E-state index >= 15 is 0 Å². The molecular formula is C24H34N4S. The predicted octanol–water partition coefficient (Wildman–Crippen LogP) is 5.67. The largest absolute Gasteiger partial charge is 0.404 e. The Kier molecular flexibility index (Phi) is 6.98. The minimum Gasteiger partial charge on any atom is -0.404 e. The summed E-state index contributed by atoms with van der Waals surface area (Å²) in [4.78, 5) is 0. The van der Waals surface area contributed by atoms with Crippen LogP contribution in [0.1, 0.15) is 56.9 Å². The average Bonchev–Trinajstić information content (AvgIpc) is 3.13. The van der Waals surface area contributed by atoms with Gasteiger partial charge >= 0.3 is 0 Å². The lowest BCUT2D eigenvalue weighted by Gasteiger charge is -2.35. The number of allylic oxidation sites excluding steroid dienone is 1. The van der Waals surface area contributed by atoms with E-state index in [1.807, 2.05) is 0 Å². The van der Waals surface area contributed by atoms with Gasteiger partial charge in [0.2, 0.25) is 0 Å². The summed E-state index contributed by atoms with van der Waals surface area (Å²) < 4.78 is 5.15. The zero-order chi connectivity index (χ0) is 20.1. The second-order valence-corrected chi connectivity index (χ2v) is 9.71. The van der Waals surface area contributed by atoms with Gasteiger partial charge in [-0.1, -0.05) is 37.3 Å². The first-order valence-corrected chi connectivity index (χ1v) is 12.1. The Hall–Kier alpha value is -1.72. The van der Waals surface area contributed by atoms with E-state index in [4.69, 9.17) is 11.1 Å². The molecule has 1 aromatic heterocycles. The van der Waals surface area contributed by atoms with Crippen molar-refractivity contribution in [2.24, 2.45) is 11.7 Å². The van der Waals surface area contributed by atoms with Crippen LogP contribution in [0.15, 0.2) is 36.7 Å². The third-order valence-electron chi connectivity index (χ3n) is 6.65. The smallest absolute Gasteiger partial charge is 0.0480 e. The van der Waals surface area contributed by atoms with Crippen LogP contribution < -0.4 is 5.73 Å². The number of hydrogen-bond donors (Lipinski definition) is 2. The van der Waals surface area contributed by atoms with Crippen molar-refractivity contribution in [3.8, 4) is 0 Å². The normalized spacial score (nSPS) is 23.0. The summed E-state index contributed by atoms with van der Waals surface area (Å²) in [6, 6.07) is 9.44. The van der Waals surface area contributed by atoms with E-state index in [-0.39, 0.29) is 0 Å². The molecule has 2 aromatic rings. The maximum absolute atomic E-state index is 7.51. The van der Waals surface area contributed by atoms with Crippen molar-refractivity contribution in [1.29, 1.82) is 5.41 Å². The van der Waals surface area contributed by atoms with Crippen LogP contribution in [0, 0.1) is 11.3 Å². The Bertz CT molecular complexity index is 840. The van der Waals surface area contributed by atoms with Gasteiger partial charge in [-0.2, -0.15) is 0 Å². The quantitative estimate of drug-likeness (QED) is 0.493. The fourth-order valence-corrected chi connectivity index (χ4v) is 6.32. The molecule has 0 bridgehead atoms. The first-order chi connectivity index (χ1) is 14.3. The molecule has 2 fully saturated rings. The van der Waals surface area contributed by atoms with Crippen molar-refractivity contribution in [3.63, 3.8) is 0 Å². The highest BCUT2D eigenvalue weighted by atomic mass is 32.2. The van der Waals surface area contributed by atoms with Gasteiger partial charge in [-0.3, -0.25) is 0 Å². The molecule has 0 amide bonds. The first kappa shape index (κ1) is 20.5. The van der Waals surface area contributed by atoms with Gasteiger partial charge in [-0.15, -0.1) is 0 Å². The highest BCUT2D eigenvalue weighted by Gasteiger charge is 2.24. The molecule has 2 aliphatic rings. The SMILES string of the molecule is N=C/C(=C\N)c1ccc2c(ccn2CC2CCCN(C3CCCCC3)SCC2)c1. The maximum Gasteiger partial charge on any atom is 0.0480 e. The van der Waals surface area contributed by atoms with E-state index < -0.39 is 0 Å². The van der Waals surface area contributed by atoms with E-state index in [1.165, 1.54) is 87.0 Å². The van der Waals surface area contributed by atoms with E-state index in [2.05, 4.69) is 51.3 Å². The van der Waals surface area contributed by atoms with E-state index in [9.17, 15) is 0 Å². The summed E-state index contributed by atoms with van der Waals surface area (Å²) >= 11 is 2.12. The van der Waals surface area contributed by atoms with Crippen LogP contribution in [0.4, 0.5) is 0 Å². The van der Waals surface area contributed by atoms with Crippen LogP contribution in [0.2, 0.25) is 0 Å². The van der Waals surface area contributed by atoms with Gasteiger partial charge in [0.05, 0.1) is 0 Å². The van der Waals surface area contributed by atoms with Crippen LogP contribution in [-0.4, -0.2) is 33.4 Å². The van der Waals surface area contributed by atoms with Crippen LogP contribution in [0.25, 0.3) is 16.5 Å². The summed E-state index contributed by atoms with van der Waals surface area (Å²) in [5.74, 6) is 2.02. The average molecular weight is 411 g/mol. The van der Waals surface area contributed by atoms with Crippen molar-refractivity contribution in [3.05, 3.63) is 42.2 Å². The standard InChI is InChI=1S/C24H34N4S/c25-16-22(17-26)20-8-9-24-21(15-20)10-13-27(24)18-19-5-4-12-28(29-14-11-19)23-6-2-1-3-7-23/h8-10,13,15-17,19,23,25H,1-7,11-12,14,18,26H2/b22-17+,25-16?. The second-order valence-electron chi connectivity index (χ2n) is 8.57. The minimum atomic E-state index is 0.757. The Morgan fingerprint density at radius 3 is 2.76 bits per heavy atom. The van der Waals surface area contributed by atoms with Crippen molar-refractivity contribution < 1.29 is 0 Å².